The van der Waals surface area contributed by atoms with Crippen LogP contribution in [0.25, 0.3) is 11.4 Å². The topological polar surface area (TPSA) is 81.6 Å². The third-order valence-corrected chi connectivity index (χ3v) is 5.73. The van der Waals surface area contributed by atoms with E-state index >= 15 is 0 Å². The summed E-state index contributed by atoms with van der Waals surface area (Å²) < 4.78 is 19.3. The Morgan fingerprint density at radius 2 is 1.93 bits per heavy atom. The monoisotopic (exact) mass is 418 g/mol. The second kappa shape index (κ2) is 8.64. The average Bonchev–Trinajstić information content (AvgIpc) is 3.34. The zero-order valence-electron chi connectivity index (χ0n) is 16.6. The Labute approximate surface area is 174 Å². The second-order valence-corrected chi connectivity index (χ2v) is 7.59. The number of amides is 1. The molecule has 2 saturated heterocycles. The number of nitrogens with one attached hydrogen (secondary N) is 1. The van der Waals surface area contributed by atoms with Crippen molar-refractivity contribution in [2.75, 3.05) is 32.9 Å². The van der Waals surface area contributed by atoms with Gasteiger partial charge in [-0.1, -0.05) is 0 Å². The number of rotatable bonds is 6. The molecule has 1 amide bonds. The quantitative estimate of drug-likeness (QED) is 0.727. The zero-order valence-corrected chi connectivity index (χ0v) is 17.4. The highest BCUT2D eigenvalue weighted by atomic mass is 32.1. The van der Waals surface area contributed by atoms with E-state index in [0.717, 1.165) is 30.0 Å². The molecular weight excluding hydrogens is 392 g/mol. The first kappa shape index (κ1) is 20.1. The summed E-state index contributed by atoms with van der Waals surface area (Å²) in [5, 5.41) is 7.19. The molecule has 2 aliphatic heterocycles. The Hall–Kier alpha value is -2.23. The van der Waals surface area contributed by atoms with Crippen LogP contribution in [0.2, 0.25) is 0 Å². The lowest BCUT2D eigenvalue weighted by atomic mass is 10.0. The molecule has 9 heteroatoms. The number of nitrogens with zero attached hydrogens (tertiary/aromatic N) is 3. The molecule has 29 heavy (non-hydrogen) atoms. The summed E-state index contributed by atoms with van der Waals surface area (Å²) >= 11 is 5.38. The van der Waals surface area contributed by atoms with Crippen molar-refractivity contribution in [1.29, 1.82) is 0 Å². The summed E-state index contributed by atoms with van der Waals surface area (Å²) in [5.41, 5.74) is 0.920. The Balaban J connectivity index is 1.38. The third-order valence-electron chi connectivity index (χ3n) is 5.42. The molecule has 2 aliphatic rings. The standard InChI is InChI=1S/C20H26N4O4S/c1-2-26-16-5-3-15(4-6-16)18-21-22-19(29)24(18)10-7-17(25)23-11-8-20(9-12-23)27-13-14-28-20/h3-6H,2,7-14H2,1H3,(H,22,29). The normalized spacial score (nSPS) is 18.3. The van der Waals surface area contributed by atoms with E-state index in [-0.39, 0.29) is 5.91 Å². The molecule has 0 saturated carbocycles. The van der Waals surface area contributed by atoms with Gasteiger partial charge < -0.3 is 19.1 Å². The summed E-state index contributed by atoms with van der Waals surface area (Å²) in [7, 11) is 0. The molecule has 156 valence electrons. The van der Waals surface area contributed by atoms with Crippen molar-refractivity contribution in [2.45, 2.75) is 38.5 Å². The fraction of sp³-hybridized carbons (Fsp3) is 0.550. The minimum Gasteiger partial charge on any atom is -0.494 e. The average molecular weight is 419 g/mol. The van der Waals surface area contributed by atoms with Crippen molar-refractivity contribution < 1.29 is 19.0 Å². The van der Waals surface area contributed by atoms with Gasteiger partial charge in [0, 0.05) is 44.5 Å². The fourth-order valence-electron chi connectivity index (χ4n) is 3.86. The van der Waals surface area contributed by atoms with E-state index in [2.05, 4.69) is 10.2 Å². The van der Waals surface area contributed by atoms with Gasteiger partial charge in [0.05, 0.1) is 19.8 Å². The van der Waals surface area contributed by atoms with Crippen LogP contribution in [0.3, 0.4) is 0 Å². The minimum absolute atomic E-state index is 0.110. The van der Waals surface area contributed by atoms with E-state index in [0.29, 0.717) is 50.6 Å². The van der Waals surface area contributed by atoms with E-state index in [1.807, 2.05) is 40.7 Å². The van der Waals surface area contributed by atoms with Gasteiger partial charge in [-0.3, -0.25) is 14.5 Å². The molecule has 1 N–H and O–H groups in total. The van der Waals surface area contributed by atoms with E-state index in [1.54, 1.807) is 0 Å². The van der Waals surface area contributed by atoms with Crippen LogP contribution in [-0.4, -0.2) is 64.3 Å². The Morgan fingerprint density at radius 1 is 1.24 bits per heavy atom. The predicted octanol–water partition coefficient (Wildman–Crippen LogP) is 2.76. The van der Waals surface area contributed by atoms with Gasteiger partial charge >= 0.3 is 0 Å². The molecule has 1 aromatic carbocycles. The SMILES string of the molecule is CCOc1ccc(-c2n[nH]c(=S)n2CCC(=O)N2CCC3(CC2)OCCO3)cc1. The first-order valence-corrected chi connectivity index (χ1v) is 10.5. The molecule has 2 aromatic rings. The van der Waals surface area contributed by atoms with Crippen LogP contribution >= 0.6 is 12.2 Å². The number of ether oxygens (including phenoxy) is 3. The van der Waals surface area contributed by atoms with Gasteiger partial charge in [-0.25, -0.2) is 0 Å². The molecule has 4 rings (SSSR count). The number of hydrogen-bond acceptors (Lipinski definition) is 6. The predicted molar refractivity (Wildman–Crippen MR) is 109 cm³/mol. The number of benzene rings is 1. The van der Waals surface area contributed by atoms with Crippen LogP contribution in [0.5, 0.6) is 5.75 Å². The van der Waals surface area contributed by atoms with Crippen LogP contribution in [0.4, 0.5) is 0 Å². The smallest absolute Gasteiger partial charge is 0.224 e. The third kappa shape index (κ3) is 4.36. The summed E-state index contributed by atoms with van der Waals surface area (Å²) in [4.78, 5) is 14.6. The fourth-order valence-corrected chi connectivity index (χ4v) is 4.08. The van der Waals surface area contributed by atoms with Crippen LogP contribution in [0.1, 0.15) is 26.2 Å². The van der Waals surface area contributed by atoms with Crippen LogP contribution in [0.15, 0.2) is 24.3 Å². The van der Waals surface area contributed by atoms with Crippen molar-refractivity contribution in [1.82, 2.24) is 19.7 Å². The van der Waals surface area contributed by atoms with Crippen molar-refractivity contribution >= 4 is 18.1 Å². The summed E-state index contributed by atoms with van der Waals surface area (Å²) in [6.45, 7) is 5.64. The van der Waals surface area contributed by atoms with Gasteiger partial charge in [0.15, 0.2) is 16.4 Å². The second-order valence-electron chi connectivity index (χ2n) is 7.20. The Kier molecular flexibility index (Phi) is 5.98. The van der Waals surface area contributed by atoms with Crippen molar-refractivity contribution in [3.63, 3.8) is 0 Å². The molecule has 2 fully saturated rings. The summed E-state index contributed by atoms with van der Waals surface area (Å²) in [6.07, 6.45) is 1.81. The molecule has 3 heterocycles. The van der Waals surface area contributed by atoms with Crippen molar-refractivity contribution in [2.24, 2.45) is 0 Å². The van der Waals surface area contributed by atoms with Gasteiger partial charge in [0.1, 0.15) is 5.75 Å². The van der Waals surface area contributed by atoms with Crippen LogP contribution in [-0.2, 0) is 20.8 Å². The maximum absolute atomic E-state index is 12.7. The molecule has 8 nitrogen and oxygen atoms in total. The van der Waals surface area contributed by atoms with Crippen molar-refractivity contribution in [3.8, 4) is 17.1 Å². The van der Waals surface area contributed by atoms with Gasteiger partial charge in [-0.05, 0) is 43.4 Å². The Morgan fingerprint density at radius 3 is 2.59 bits per heavy atom. The Bertz CT molecular complexity index is 892. The lowest BCUT2D eigenvalue weighted by Gasteiger charge is -2.37. The molecule has 0 radical (unpaired) electrons. The number of H-pyrrole nitrogens is 1. The molecule has 1 spiro atoms. The highest BCUT2D eigenvalue weighted by Crippen LogP contribution is 2.31. The molecule has 0 aliphatic carbocycles. The number of piperidine rings is 1. The van der Waals surface area contributed by atoms with Gasteiger partial charge in [0.2, 0.25) is 5.91 Å². The van der Waals surface area contributed by atoms with Gasteiger partial charge in [-0.15, -0.1) is 0 Å². The first-order valence-electron chi connectivity index (χ1n) is 10.0. The summed E-state index contributed by atoms with van der Waals surface area (Å²) in [6, 6.07) is 7.70. The van der Waals surface area contributed by atoms with E-state index in [1.165, 1.54) is 0 Å². The number of likely N-dealkylation sites (tertiary alicyclic amines) is 1. The lowest BCUT2D eigenvalue weighted by Crippen LogP contribution is -2.47. The van der Waals surface area contributed by atoms with Crippen molar-refractivity contribution in [3.05, 3.63) is 29.0 Å². The van der Waals surface area contributed by atoms with Gasteiger partial charge in [-0.2, -0.15) is 5.10 Å². The number of aromatic amines is 1. The first-order chi connectivity index (χ1) is 14.1. The molecule has 0 bridgehead atoms. The van der Waals surface area contributed by atoms with E-state index in [4.69, 9.17) is 26.4 Å². The van der Waals surface area contributed by atoms with E-state index < -0.39 is 5.79 Å². The lowest BCUT2D eigenvalue weighted by molar-refractivity contribution is -0.187. The largest absolute Gasteiger partial charge is 0.494 e. The highest BCUT2D eigenvalue weighted by molar-refractivity contribution is 7.71. The molecule has 0 atom stereocenters. The highest BCUT2D eigenvalue weighted by Gasteiger charge is 2.40. The minimum atomic E-state index is -0.468. The maximum Gasteiger partial charge on any atom is 0.224 e. The molecule has 0 unspecified atom stereocenters. The van der Waals surface area contributed by atoms with E-state index in [9.17, 15) is 4.79 Å². The molecule has 1 aromatic heterocycles. The van der Waals surface area contributed by atoms with Crippen LogP contribution < -0.4 is 4.74 Å². The summed E-state index contributed by atoms with van der Waals surface area (Å²) in [5.74, 6) is 1.17. The number of carbonyl (C=O) groups is 1. The van der Waals surface area contributed by atoms with Gasteiger partial charge in [0.25, 0.3) is 0 Å². The van der Waals surface area contributed by atoms with Crippen LogP contribution in [0, 0.1) is 4.77 Å². The number of aromatic nitrogens is 3. The maximum atomic E-state index is 12.7. The number of carbonyl (C=O) groups excluding carboxylic acids is 1. The zero-order chi connectivity index (χ0) is 20.3. The number of hydrogen-bond donors (Lipinski definition) is 1. The molecular formula is C20H26N4O4S.